The minimum absolute atomic E-state index is 0.0315. The number of carbonyl (C=O) groups excluding carboxylic acids is 2. The van der Waals surface area contributed by atoms with Crippen molar-refractivity contribution in [3.63, 3.8) is 0 Å². The number of hydrogen-bond acceptors (Lipinski definition) is 5. The van der Waals surface area contributed by atoms with Crippen LogP contribution in [0.5, 0.6) is 0 Å². The molecule has 0 aromatic carbocycles. The zero-order valence-electron chi connectivity index (χ0n) is 7.51. The van der Waals surface area contributed by atoms with Gasteiger partial charge in [-0.25, -0.2) is 14.5 Å². The van der Waals surface area contributed by atoms with E-state index in [1.54, 1.807) is 0 Å². The van der Waals surface area contributed by atoms with Gasteiger partial charge in [0.15, 0.2) is 0 Å². The molecule has 1 heterocycles. The maximum atomic E-state index is 11.0. The summed E-state index contributed by atoms with van der Waals surface area (Å²) in [6, 6.07) is -0.922. The SMILES string of the molecule is NC(=O)NC(=O)Cn1cnc(C(N)=S)n1. The highest BCUT2D eigenvalue weighted by molar-refractivity contribution is 7.80. The molecule has 0 radical (unpaired) electrons. The molecule has 1 aromatic rings. The third-order valence-corrected chi connectivity index (χ3v) is 1.51. The van der Waals surface area contributed by atoms with Crippen molar-refractivity contribution in [2.45, 2.75) is 6.54 Å². The first kappa shape index (κ1) is 11.0. The molecular formula is C6H8N6O2S. The third kappa shape index (κ3) is 3.31. The van der Waals surface area contributed by atoms with Gasteiger partial charge in [0.1, 0.15) is 17.9 Å². The molecule has 0 atom stereocenters. The Morgan fingerprint density at radius 2 is 2.20 bits per heavy atom. The summed E-state index contributed by atoms with van der Waals surface area (Å²) in [4.78, 5) is 25.1. The van der Waals surface area contributed by atoms with Crippen LogP contribution in [0.4, 0.5) is 4.79 Å². The van der Waals surface area contributed by atoms with Crippen LogP contribution in [0.3, 0.4) is 0 Å². The van der Waals surface area contributed by atoms with E-state index in [-0.39, 0.29) is 17.4 Å². The number of rotatable bonds is 3. The standard InChI is InChI=1S/C6H8N6O2S/c7-4(15)5-9-2-12(11-5)1-3(13)10-6(8)14/h2H,1H2,(H2,7,15)(H3,8,10,13,14). The maximum absolute atomic E-state index is 11.0. The Kier molecular flexibility index (Phi) is 3.29. The molecule has 5 N–H and O–H groups in total. The average molecular weight is 228 g/mol. The van der Waals surface area contributed by atoms with E-state index >= 15 is 0 Å². The van der Waals surface area contributed by atoms with Crippen molar-refractivity contribution in [2.75, 3.05) is 0 Å². The van der Waals surface area contributed by atoms with E-state index < -0.39 is 11.9 Å². The lowest BCUT2D eigenvalue weighted by Gasteiger charge is -1.99. The molecule has 3 amide bonds. The number of thiocarbonyl (C=S) groups is 1. The number of aromatic nitrogens is 3. The predicted octanol–water partition coefficient (Wildman–Crippen LogP) is -1.89. The van der Waals surface area contributed by atoms with Gasteiger partial charge < -0.3 is 11.5 Å². The van der Waals surface area contributed by atoms with Crippen molar-refractivity contribution in [1.82, 2.24) is 20.1 Å². The maximum Gasteiger partial charge on any atom is 0.318 e. The molecule has 0 aliphatic carbocycles. The van der Waals surface area contributed by atoms with Crippen molar-refractivity contribution >= 4 is 29.1 Å². The van der Waals surface area contributed by atoms with Crippen LogP contribution in [0, 0.1) is 0 Å². The second-order valence-electron chi connectivity index (χ2n) is 2.54. The van der Waals surface area contributed by atoms with E-state index in [0.717, 1.165) is 0 Å². The molecule has 8 nitrogen and oxygen atoms in total. The smallest absolute Gasteiger partial charge is 0.318 e. The van der Waals surface area contributed by atoms with E-state index in [4.69, 9.17) is 11.5 Å². The van der Waals surface area contributed by atoms with Crippen LogP contribution in [-0.2, 0) is 11.3 Å². The third-order valence-electron chi connectivity index (χ3n) is 1.33. The Morgan fingerprint density at radius 1 is 1.53 bits per heavy atom. The lowest BCUT2D eigenvalue weighted by molar-refractivity contribution is -0.120. The molecule has 15 heavy (non-hydrogen) atoms. The topological polar surface area (TPSA) is 129 Å². The number of primary amides is 1. The highest BCUT2D eigenvalue weighted by Crippen LogP contribution is 1.89. The highest BCUT2D eigenvalue weighted by Gasteiger charge is 2.08. The van der Waals surface area contributed by atoms with Gasteiger partial charge in [-0.05, 0) is 0 Å². The Labute approximate surface area is 89.6 Å². The van der Waals surface area contributed by atoms with E-state index in [2.05, 4.69) is 22.3 Å². The molecule has 9 heteroatoms. The first-order chi connectivity index (χ1) is 6.99. The molecule has 80 valence electrons. The van der Waals surface area contributed by atoms with Crippen molar-refractivity contribution in [3.05, 3.63) is 12.2 Å². The molecule has 0 unspecified atom stereocenters. The van der Waals surface area contributed by atoms with Gasteiger partial charge in [0, 0.05) is 0 Å². The quantitative estimate of drug-likeness (QED) is 0.518. The predicted molar refractivity (Wildman–Crippen MR) is 53.6 cm³/mol. The number of imide groups is 1. The van der Waals surface area contributed by atoms with Crippen LogP contribution < -0.4 is 16.8 Å². The normalized spacial score (nSPS) is 9.60. The molecule has 0 bridgehead atoms. The molecule has 0 aliphatic heterocycles. The fourth-order valence-electron chi connectivity index (χ4n) is 0.808. The summed E-state index contributed by atoms with van der Waals surface area (Å²) in [5, 5.41) is 5.66. The second-order valence-corrected chi connectivity index (χ2v) is 2.98. The molecule has 0 spiro atoms. The van der Waals surface area contributed by atoms with Crippen LogP contribution in [-0.4, -0.2) is 31.7 Å². The van der Waals surface area contributed by atoms with Crippen molar-refractivity contribution < 1.29 is 9.59 Å². The summed E-state index contributed by atoms with van der Waals surface area (Å²) in [5.74, 6) is -0.432. The van der Waals surface area contributed by atoms with Gasteiger partial charge >= 0.3 is 6.03 Å². The Bertz CT molecular complexity index is 414. The minimum Gasteiger partial charge on any atom is -0.387 e. The van der Waals surface area contributed by atoms with Crippen molar-refractivity contribution in [2.24, 2.45) is 11.5 Å². The number of nitrogens with zero attached hydrogens (tertiary/aromatic N) is 3. The molecule has 0 fully saturated rings. The van der Waals surface area contributed by atoms with Gasteiger partial charge in [0.2, 0.25) is 11.7 Å². The van der Waals surface area contributed by atoms with E-state index in [0.29, 0.717) is 0 Å². The fraction of sp³-hybridized carbons (Fsp3) is 0.167. The van der Waals surface area contributed by atoms with Gasteiger partial charge in [-0.15, -0.1) is 5.10 Å². The van der Waals surface area contributed by atoms with Crippen LogP contribution in [0.2, 0.25) is 0 Å². The van der Waals surface area contributed by atoms with Crippen LogP contribution >= 0.6 is 12.2 Å². The first-order valence-corrected chi connectivity index (χ1v) is 4.18. The van der Waals surface area contributed by atoms with Crippen LogP contribution in [0.25, 0.3) is 0 Å². The van der Waals surface area contributed by atoms with Crippen LogP contribution in [0.1, 0.15) is 5.82 Å². The molecule has 0 saturated heterocycles. The Balaban J connectivity index is 2.61. The minimum atomic E-state index is -0.922. The zero-order valence-corrected chi connectivity index (χ0v) is 8.32. The number of nitrogens with two attached hydrogens (primary N) is 2. The molecular weight excluding hydrogens is 220 g/mol. The van der Waals surface area contributed by atoms with Crippen molar-refractivity contribution in [3.8, 4) is 0 Å². The number of urea groups is 1. The lowest BCUT2D eigenvalue weighted by Crippen LogP contribution is -2.37. The number of amides is 3. The van der Waals surface area contributed by atoms with Gasteiger partial charge in [-0.2, -0.15) is 0 Å². The lowest BCUT2D eigenvalue weighted by atomic mass is 10.6. The zero-order chi connectivity index (χ0) is 11.4. The van der Waals surface area contributed by atoms with Gasteiger partial charge in [-0.1, -0.05) is 12.2 Å². The highest BCUT2D eigenvalue weighted by atomic mass is 32.1. The van der Waals surface area contributed by atoms with E-state index in [1.165, 1.54) is 11.0 Å². The van der Waals surface area contributed by atoms with Gasteiger partial charge in [-0.3, -0.25) is 10.1 Å². The molecule has 1 rings (SSSR count). The van der Waals surface area contributed by atoms with Gasteiger partial charge in [0.05, 0.1) is 0 Å². The number of hydrogen-bond donors (Lipinski definition) is 3. The Morgan fingerprint density at radius 3 is 2.67 bits per heavy atom. The van der Waals surface area contributed by atoms with Gasteiger partial charge in [0.25, 0.3) is 0 Å². The van der Waals surface area contributed by atoms with E-state index in [1.807, 2.05) is 5.32 Å². The summed E-state index contributed by atoms with van der Waals surface area (Å²) in [6.45, 7) is -0.182. The molecule has 1 aromatic heterocycles. The largest absolute Gasteiger partial charge is 0.387 e. The molecule has 0 saturated carbocycles. The number of carbonyl (C=O) groups is 2. The monoisotopic (exact) mass is 228 g/mol. The summed E-state index contributed by atoms with van der Waals surface area (Å²) in [7, 11) is 0. The fourth-order valence-corrected chi connectivity index (χ4v) is 0.901. The summed E-state index contributed by atoms with van der Waals surface area (Å²) in [6.07, 6.45) is 1.27. The van der Waals surface area contributed by atoms with Crippen LogP contribution in [0.15, 0.2) is 6.33 Å². The average Bonchev–Trinajstić information content (AvgIpc) is 2.50. The van der Waals surface area contributed by atoms with E-state index in [9.17, 15) is 9.59 Å². The summed E-state index contributed by atoms with van der Waals surface area (Å²) >= 11 is 4.62. The molecule has 0 aliphatic rings. The second kappa shape index (κ2) is 4.46. The summed E-state index contributed by atoms with van der Waals surface area (Å²) in [5.41, 5.74) is 10.0. The number of nitrogens with one attached hydrogen (secondary N) is 1. The first-order valence-electron chi connectivity index (χ1n) is 3.77. The summed E-state index contributed by atoms with van der Waals surface area (Å²) < 4.78 is 1.19. The van der Waals surface area contributed by atoms with Crippen molar-refractivity contribution in [1.29, 1.82) is 0 Å². The Hall–Kier alpha value is -2.03.